The Labute approximate surface area is 124 Å². The Morgan fingerprint density at radius 2 is 1.80 bits per heavy atom. The molecule has 2 aromatic rings. The number of hydrogen-bond donors (Lipinski definition) is 1. The summed E-state index contributed by atoms with van der Waals surface area (Å²) >= 11 is 5.45. The van der Waals surface area contributed by atoms with Crippen molar-refractivity contribution in [2.24, 2.45) is 5.41 Å². The number of aromatic amines is 1. The lowest BCUT2D eigenvalue weighted by Crippen LogP contribution is -2.18. The molecule has 1 N–H and O–H groups in total. The molecule has 0 aliphatic heterocycles. The van der Waals surface area contributed by atoms with E-state index in [1.807, 2.05) is 12.1 Å². The summed E-state index contributed by atoms with van der Waals surface area (Å²) in [5.74, 6) is 1.43. The van der Waals surface area contributed by atoms with Crippen LogP contribution in [0, 0.1) is 10.2 Å². The fraction of sp³-hybridized carbons (Fsp3) is 0.533. The maximum Gasteiger partial charge on any atom is 0.178 e. The van der Waals surface area contributed by atoms with Crippen LogP contribution in [0.5, 0.6) is 11.5 Å². The van der Waals surface area contributed by atoms with Crippen molar-refractivity contribution in [3.63, 3.8) is 0 Å². The Balaban J connectivity index is 2.61. The van der Waals surface area contributed by atoms with Gasteiger partial charge < -0.3 is 19.0 Å². The first kappa shape index (κ1) is 14.9. The predicted molar refractivity (Wildman–Crippen MR) is 84.3 cm³/mol. The summed E-state index contributed by atoms with van der Waals surface area (Å²) in [6.07, 6.45) is 1.09. The first-order valence-corrected chi connectivity index (χ1v) is 7.17. The molecule has 0 unspecified atom stereocenters. The first-order chi connectivity index (χ1) is 9.41. The minimum absolute atomic E-state index is 0.195. The fourth-order valence-electron chi connectivity index (χ4n) is 2.18. The second kappa shape index (κ2) is 5.48. The number of H-pyrrole nitrogens is 1. The molecule has 0 aliphatic rings. The maximum atomic E-state index is 5.45. The van der Waals surface area contributed by atoms with E-state index in [2.05, 4.69) is 30.3 Å². The second-order valence-corrected chi connectivity index (χ2v) is 6.15. The Bertz CT molecular complexity index is 670. The van der Waals surface area contributed by atoms with Crippen LogP contribution in [-0.4, -0.2) is 23.8 Å². The number of aromatic nitrogens is 2. The normalized spacial score (nSPS) is 11.8. The van der Waals surface area contributed by atoms with Crippen LogP contribution >= 0.6 is 12.2 Å². The van der Waals surface area contributed by atoms with Gasteiger partial charge in [0.05, 0.1) is 25.3 Å². The van der Waals surface area contributed by atoms with Gasteiger partial charge in [0.25, 0.3) is 0 Å². The Morgan fingerprint density at radius 3 is 2.35 bits per heavy atom. The zero-order valence-electron chi connectivity index (χ0n) is 12.7. The summed E-state index contributed by atoms with van der Waals surface area (Å²) in [6, 6.07) is 3.91. The number of fused-ring (bicyclic) bond motifs is 1. The molecule has 0 saturated heterocycles. The van der Waals surface area contributed by atoms with Crippen molar-refractivity contribution in [2.45, 2.75) is 33.7 Å². The number of imidazole rings is 1. The van der Waals surface area contributed by atoms with Crippen LogP contribution in [0.1, 0.15) is 27.2 Å². The topological polar surface area (TPSA) is 39.2 Å². The fourth-order valence-corrected chi connectivity index (χ4v) is 2.45. The van der Waals surface area contributed by atoms with E-state index < -0.39 is 0 Å². The van der Waals surface area contributed by atoms with Crippen LogP contribution in [0.2, 0.25) is 0 Å². The third-order valence-corrected chi connectivity index (χ3v) is 4.15. The van der Waals surface area contributed by atoms with Gasteiger partial charge >= 0.3 is 0 Å². The highest BCUT2D eigenvalue weighted by atomic mass is 32.1. The molecular weight excluding hydrogens is 272 g/mol. The SMILES string of the molecule is CCC(C)(C)Cn1c(=S)[nH]c2cc(OC)c(OC)cc21. The molecule has 1 aromatic carbocycles. The van der Waals surface area contributed by atoms with Crippen LogP contribution in [0.3, 0.4) is 0 Å². The lowest BCUT2D eigenvalue weighted by atomic mass is 9.90. The van der Waals surface area contributed by atoms with Gasteiger partial charge in [-0.3, -0.25) is 0 Å². The van der Waals surface area contributed by atoms with Crippen LogP contribution in [0.4, 0.5) is 0 Å². The van der Waals surface area contributed by atoms with Crippen molar-refractivity contribution in [1.82, 2.24) is 9.55 Å². The molecule has 0 amide bonds. The first-order valence-electron chi connectivity index (χ1n) is 6.76. The number of ether oxygens (including phenoxy) is 2. The van der Waals surface area contributed by atoms with Crippen molar-refractivity contribution < 1.29 is 9.47 Å². The monoisotopic (exact) mass is 294 g/mol. The van der Waals surface area contributed by atoms with E-state index in [1.54, 1.807) is 14.2 Å². The summed E-state index contributed by atoms with van der Waals surface area (Å²) in [7, 11) is 3.28. The summed E-state index contributed by atoms with van der Waals surface area (Å²) in [5, 5.41) is 0. The molecule has 0 spiro atoms. The van der Waals surface area contributed by atoms with Crippen molar-refractivity contribution in [3.05, 3.63) is 16.9 Å². The third kappa shape index (κ3) is 2.68. The van der Waals surface area contributed by atoms with Crippen molar-refractivity contribution >= 4 is 23.3 Å². The summed E-state index contributed by atoms with van der Waals surface area (Å²) < 4.78 is 13.6. The van der Waals surface area contributed by atoms with Crippen molar-refractivity contribution in [3.8, 4) is 11.5 Å². The van der Waals surface area contributed by atoms with E-state index >= 15 is 0 Å². The van der Waals surface area contributed by atoms with E-state index in [9.17, 15) is 0 Å². The summed E-state index contributed by atoms with van der Waals surface area (Å²) in [4.78, 5) is 3.24. The number of nitrogens with one attached hydrogen (secondary N) is 1. The third-order valence-electron chi connectivity index (χ3n) is 3.82. The van der Waals surface area contributed by atoms with Gasteiger partial charge in [0, 0.05) is 18.7 Å². The summed E-state index contributed by atoms with van der Waals surface area (Å²) in [6.45, 7) is 7.56. The smallest absolute Gasteiger partial charge is 0.178 e. The minimum atomic E-state index is 0.195. The number of hydrogen-bond acceptors (Lipinski definition) is 3. The van der Waals surface area contributed by atoms with Gasteiger partial charge in [0.1, 0.15) is 0 Å². The van der Waals surface area contributed by atoms with Gasteiger partial charge in [-0.15, -0.1) is 0 Å². The molecule has 5 heteroatoms. The highest BCUT2D eigenvalue weighted by Crippen LogP contribution is 2.33. The molecule has 4 nitrogen and oxygen atoms in total. The van der Waals surface area contributed by atoms with Crippen LogP contribution in [0.15, 0.2) is 12.1 Å². The highest BCUT2D eigenvalue weighted by Gasteiger charge is 2.19. The Hall–Kier alpha value is -1.49. The molecule has 20 heavy (non-hydrogen) atoms. The van der Waals surface area contributed by atoms with Crippen molar-refractivity contribution in [1.29, 1.82) is 0 Å². The van der Waals surface area contributed by atoms with Gasteiger partial charge in [0.15, 0.2) is 16.3 Å². The Kier molecular flexibility index (Phi) is 4.09. The molecule has 1 aromatic heterocycles. The molecule has 0 fully saturated rings. The lowest BCUT2D eigenvalue weighted by molar-refractivity contribution is 0.296. The predicted octanol–water partition coefficient (Wildman–Crippen LogP) is 4.15. The average Bonchev–Trinajstić information content (AvgIpc) is 2.72. The van der Waals surface area contributed by atoms with Crippen LogP contribution in [-0.2, 0) is 6.54 Å². The zero-order valence-corrected chi connectivity index (χ0v) is 13.6. The average molecular weight is 294 g/mol. The van der Waals surface area contributed by atoms with Crippen LogP contribution < -0.4 is 9.47 Å². The van der Waals surface area contributed by atoms with Gasteiger partial charge in [0.2, 0.25) is 0 Å². The number of methoxy groups -OCH3 is 2. The van der Waals surface area contributed by atoms with E-state index in [0.29, 0.717) is 5.75 Å². The van der Waals surface area contributed by atoms with E-state index in [0.717, 1.165) is 34.5 Å². The van der Waals surface area contributed by atoms with Gasteiger partial charge in [-0.05, 0) is 24.1 Å². The molecule has 0 atom stereocenters. The second-order valence-electron chi connectivity index (χ2n) is 5.76. The molecule has 0 radical (unpaired) electrons. The lowest BCUT2D eigenvalue weighted by Gasteiger charge is -2.23. The number of benzene rings is 1. The molecule has 0 saturated carbocycles. The highest BCUT2D eigenvalue weighted by molar-refractivity contribution is 7.71. The standard InChI is InChI=1S/C15H22N2O2S/c1-6-15(2,3)9-17-11-8-13(19-5)12(18-4)7-10(11)16-14(17)20/h7-8H,6,9H2,1-5H3,(H,16,20). The largest absolute Gasteiger partial charge is 0.493 e. The number of nitrogens with zero attached hydrogens (tertiary/aromatic N) is 1. The molecular formula is C15H22N2O2S. The van der Waals surface area contributed by atoms with Crippen LogP contribution in [0.25, 0.3) is 11.0 Å². The quantitative estimate of drug-likeness (QED) is 0.842. The van der Waals surface area contributed by atoms with Crippen molar-refractivity contribution in [2.75, 3.05) is 14.2 Å². The van der Waals surface area contributed by atoms with Gasteiger partial charge in [-0.25, -0.2) is 0 Å². The molecule has 2 rings (SSSR count). The zero-order chi connectivity index (χ0) is 14.9. The molecule has 110 valence electrons. The minimum Gasteiger partial charge on any atom is -0.493 e. The molecule has 0 bridgehead atoms. The van der Waals surface area contributed by atoms with E-state index in [1.165, 1.54) is 0 Å². The van der Waals surface area contributed by atoms with E-state index in [-0.39, 0.29) is 5.41 Å². The van der Waals surface area contributed by atoms with Gasteiger partial charge in [-0.1, -0.05) is 20.8 Å². The van der Waals surface area contributed by atoms with E-state index in [4.69, 9.17) is 21.7 Å². The maximum absolute atomic E-state index is 5.45. The number of rotatable bonds is 5. The summed E-state index contributed by atoms with van der Waals surface area (Å²) in [5.41, 5.74) is 2.22. The van der Waals surface area contributed by atoms with Gasteiger partial charge in [-0.2, -0.15) is 0 Å². The Morgan fingerprint density at radius 1 is 1.20 bits per heavy atom. The molecule has 1 heterocycles. The molecule has 0 aliphatic carbocycles.